The molecule has 9 heteroatoms. The largest absolute Gasteiger partial charge is 0.478 e. The maximum absolute atomic E-state index is 12.9. The number of sulfonamides is 1. The van der Waals surface area contributed by atoms with E-state index in [-0.39, 0.29) is 16.6 Å². The van der Waals surface area contributed by atoms with E-state index in [1.165, 1.54) is 28.8 Å². The molecule has 1 aliphatic rings. The second-order valence-electron chi connectivity index (χ2n) is 6.24. The highest BCUT2D eigenvalue weighted by Crippen LogP contribution is 2.25. The first-order valence-corrected chi connectivity index (χ1v) is 10.1. The minimum Gasteiger partial charge on any atom is -0.478 e. The third-order valence-electron chi connectivity index (χ3n) is 4.56. The smallest absolute Gasteiger partial charge is 0.336 e. The second kappa shape index (κ2) is 8.01. The number of carbonyl (C=O) groups is 1. The molecular weight excluding hydrogens is 370 g/mol. The number of aromatic carboxylic acids is 1. The molecule has 0 unspecified atom stereocenters. The van der Waals surface area contributed by atoms with Gasteiger partial charge >= 0.3 is 5.97 Å². The zero-order valence-electron chi connectivity index (χ0n) is 14.9. The SMILES string of the molecule is CCc1ccc(S(=O)(=O)N2CCC(Oc3cnccn3)CC2)cc1C(=O)O. The summed E-state index contributed by atoms with van der Waals surface area (Å²) in [5.74, 6) is -0.708. The Labute approximate surface area is 157 Å². The molecule has 3 rings (SSSR count). The molecule has 2 aromatic rings. The summed E-state index contributed by atoms with van der Waals surface area (Å²) in [7, 11) is -3.75. The molecule has 0 amide bonds. The second-order valence-corrected chi connectivity index (χ2v) is 8.18. The molecule has 1 aromatic carbocycles. The minimum absolute atomic E-state index is 0.00499. The number of nitrogens with zero attached hydrogens (tertiary/aromatic N) is 3. The lowest BCUT2D eigenvalue weighted by Gasteiger charge is -2.31. The standard InChI is InChI=1S/C18H21N3O5S/c1-2-13-3-4-15(11-16(13)18(22)23)27(24,25)21-9-5-14(6-10-21)26-17-12-19-7-8-20-17/h3-4,7-8,11-12,14H,2,5-6,9-10H2,1H3,(H,22,23). The van der Waals surface area contributed by atoms with E-state index in [0.29, 0.717) is 43.8 Å². The van der Waals surface area contributed by atoms with Crippen LogP contribution in [0.5, 0.6) is 5.88 Å². The van der Waals surface area contributed by atoms with Crippen LogP contribution in [-0.2, 0) is 16.4 Å². The van der Waals surface area contributed by atoms with Crippen LogP contribution in [0, 0.1) is 0 Å². The van der Waals surface area contributed by atoms with E-state index in [2.05, 4.69) is 9.97 Å². The Morgan fingerprint density at radius 2 is 2.04 bits per heavy atom. The molecule has 1 aliphatic heterocycles. The number of rotatable bonds is 6. The van der Waals surface area contributed by atoms with E-state index in [1.807, 2.05) is 6.92 Å². The first-order chi connectivity index (χ1) is 12.9. The summed E-state index contributed by atoms with van der Waals surface area (Å²) >= 11 is 0. The molecule has 1 N–H and O–H groups in total. The average molecular weight is 391 g/mol. The third-order valence-corrected chi connectivity index (χ3v) is 6.45. The predicted molar refractivity (Wildman–Crippen MR) is 97.2 cm³/mol. The van der Waals surface area contributed by atoms with Crippen molar-refractivity contribution in [2.24, 2.45) is 0 Å². The van der Waals surface area contributed by atoms with Gasteiger partial charge < -0.3 is 9.84 Å². The van der Waals surface area contributed by atoms with Crippen LogP contribution in [0.2, 0.25) is 0 Å². The van der Waals surface area contributed by atoms with Crippen LogP contribution in [0.15, 0.2) is 41.7 Å². The predicted octanol–water partition coefficient (Wildman–Crippen LogP) is 1.97. The molecule has 0 bridgehead atoms. The third kappa shape index (κ3) is 4.25. The molecule has 0 atom stereocenters. The fourth-order valence-corrected chi connectivity index (χ4v) is 4.58. The van der Waals surface area contributed by atoms with E-state index in [4.69, 9.17) is 4.74 Å². The minimum atomic E-state index is -3.75. The number of aromatic nitrogens is 2. The summed E-state index contributed by atoms with van der Waals surface area (Å²) in [6.45, 7) is 2.42. The van der Waals surface area contributed by atoms with Gasteiger partial charge in [-0.15, -0.1) is 0 Å². The van der Waals surface area contributed by atoms with Crippen molar-refractivity contribution in [2.75, 3.05) is 13.1 Å². The molecule has 0 aliphatic carbocycles. The molecule has 2 heterocycles. The number of hydrogen-bond donors (Lipinski definition) is 1. The molecule has 1 fully saturated rings. The van der Waals surface area contributed by atoms with E-state index in [1.54, 1.807) is 12.3 Å². The fraction of sp³-hybridized carbons (Fsp3) is 0.389. The Morgan fingerprint density at radius 1 is 1.30 bits per heavy atom. The van der Waals surface area contributed by atoms with Gasteiger partial charge in [0, 0.05) is 25.5 Å². The first-order valence-electron chi connectivity index (χ1n) is 8.71. The lowest BCUT2D eigenvalue weighted by molar-refractivity contribution is 0.0695. The maximum atomic E-state index is 12.9. The van der Waals surface area contributed by atoms with Gasteiger partial charge in [0.05, 0.1) is 16.7 Å². The summed E-state index contributed by atoms with van der Waals surface area (Å²) < 4.78 is 32.9. The summed E-state index contributed by atoms with van der Waals surface area (Å²) in [5.41, 5.74) is 0.636. The lowest BCUT2D eigenvalue weighted by atomic mass is 10.1. The number of aryl methyl sites for hydroxylation is 1. The van der Waals surface area contributed by atoms with E-state index in [9.17, 15) is 18.3 Å². The Kier molecular flexibility index (Phi) is 5.71. The molecule has 27 heavy (non-hydrogen) atoms. The van der Waals surface area contributed by atoms with Gasteiger partial charge in [0.2, 0.25) is 15.9 Å². The van der Waals surface area contributed by atoms with Crippen LogP contribution in [0.4, 0.5) is 0 Å². The Morgan fingerprint density at radius 3 is 2.63 bits per heavy atom. The molecule has 0 radical (unpaired) electrons. The van der Waals surface area contributed by atoms with Crippen LogP contribution in [0.1, 0.15) is 35.7 Å². The average Bonchev–Trinajstić information content (AvgIpc) is 2.68. The number of ether oxygens (including phenoxy) is 1. The highest BCUT2D eigenvalue weighted by Gasteiger charge is 2.31. The summed E-state index contributed by atoms with van der Waals surface area (Å²) in [6, 6.07) is 4.29. The van der Waals surface area contributed by atoms with Crippen molar-refractivity contribution in [3.63, 3.8) is 0 Å². The maximum Gasteiger partial charge on any atom is 0.336 e. The fourth-order valence-electron chi connectivity index (χ4n) is 3.08. The summed E-state index contributed by atoms with van der Waals surface area (Å²) in [5, 5.41) is 9.34. The van der Waals surface area contributed by atoms with Gasteiger partial charge in [0.1, 0.15) is 6.10 Å². The van der Waals surface area contributed by atoms with Gasteiger partial charge in [-0.05, 0) is 37.0 Å². The lowest BCUT2D eigenvalue weighted by Crippen LogP contribution is -2.41. The zero-order valence-corrected chi connectivity index (χ0v) is 15.7. The zero-order chi connectivity index (χ0) is 19.4. The molecule has 0 saturated carbocycles. The van der Waals surface area contributed by atoms with E-state index in [0.717, 1.165) is 0 Å². The van der Waals surface area contributed by atoms with Gasteiger partial charge in [-0.25, -0.2) is 18.2 Å². The molecule has 144 valence electrons. The normalized spacial score (nSPS) is 16.2. The molecule has 0 spiro atoms. The summed E-state index contributed by atoms with van der Waals surface area (Å²) in [6.07, 6.45) is 6.04. The monoisotopic (exact) mass is 391 g/mol. The van der Waals surface area contributed by atoms with Crippen molar-refractivity contribution in [3.05, 3.63) is 47.9 Å². The van der Waals surface area contributed by atoms with Gasteiger partial charge in [0.15, 0.2) is 0 Å². The van der Waals surface area contributed by atoms with Crippen molar-refractivity contribution >= 4 is 16.0 Å². The number of carboxylic acids is 1. The molecule has 8 nitrogen and oxygen atoms in total. The topological polar surface area (TPSA) is 110 Å². The van der Waals surface area contributed by atoms with E-state index >= 15 is 0 Å². The Hall–Kier alpha value is -2.52. The van der Waals surface area contributed by atoms with Gasteiger partial charge in [-0.2, -0.15) is 4.31 Å². The highest BCUT2D eigenvalue weighted by molar-refractivity contribution is 7.89. The molecule has 1 aromatic heterocycles. The Balaban J connectivity index is 1.71. The quantitative estimate of drug-likeness (QED) is 0.801. The number of piperidine rings is 1. The van der Waals surface area contributed by atoms with Crippen molar-refractivity contribution in [1.82, 2.24) is 14.3 Å². The Bertz CT molecular complexity index is 910. The first kappa shape index (κ1) is 19.2. The van der Waals surface area contributed by atoms with Crippen molar-refractivity contribution in [1.29, 1.82) is 0 Å². The van der Waals surface area contributed by atoms with Crippen molar-refractivity contribution < 1.29 is 23.1 Å². The van der Waals surface area contributed by atoms with Gasteiger partial charge in [-0.3, -0.25) is 4.98 Å². The summed E-state index contributed by atoms with van der Waals surface area (Å²) in [4.78, 5) is 19.4. The van der Waals surface area contributed by atoms with Crippen LogP contribution in [0.25, 0.3) is 0 Å². The molecular formula is C18H21N3O5S. The highest BCUT2D eigenvalue weighted by atomic mass is 32.2. The van der Waals surface area contributed by atoms with E-state index < -0.39 is 16.0 Å². The van der Waals surface area contributed by atoms with Crippen LogP contribution < -0.4 is 4.74 Å². The van der Waals surface area contributed by atoms with Crippen LogP contribution in [-0.4, -0.2) is 53.0 Å². The van der Waals surface area contributed by atoms with Gasteiger partial charge in [-0.1, -0.05) is 13.0 Å². The number of carboxylic acid groups (broad SMARTS) is 1. The number of hydrogen-bond acceptors (Lipinski definition) is 6. The van der Waals surface area contributed by atoms with Crippen LogP contribution >= 0.6 is 0 Å². The van der Waals surface area contributed by atoms with Crippen LogP contribution in [0.3, 0.4) is 0 Å². The number of benzene rings is 1. The van der Waals surface area contributed by atoms with Crippen molar-refractivity contribution in [2.45, 2.75) is 37.2 Å². The van der Waals surface area contributed by atoms with Crippen molar-refractivity contribution in [3.8, 4) is 5.88 Å². The molecule has 1 saturated heterocycles. The van der Waals surface area contributed by atoms with Gasteiger partial charge in [0.25, 0.3) is 0 Å².